The van der Waals surface area contributed by atoms with Crippen LogP contribution < -0.4 is 10.6 Å². The van der Waals surface area contributed by atoms with E-state index >= 15 is 0 Å². The molecule has 0 aliphatic carbocycles. The highest BCUT2D eigenvalue weighted by Crippen LogP contribution is 2.19. The fourth-order valence-corrected chi connectivity index (χ4v) is 2.73. The first-order chi connectivity index (χ1) is 10.5. The van der Waals surface area contributed by atoms with Crippen molar-refractivity contribution in [3.8, 4) is 0 Å². The number of benzene rings is 2. The Labute approximate surface area is 142 Å². The van der Waals surface area contributed by atoms with Crippen molar-refractivity contribution in [3.05, 3.63) is 59.1 Å². The molecule has 0 bridgehead atoms. The zero-order valence-corrected chi connectivity index (χ0v) is 13.8. The molecule has 0 unspecified atom stereocenters. The zero-order chi connectivity index (χ0) is 15.9. The molecule has 0 aliphatic rings. The summed E-state index contributed by atoms with van der Waals surface area (Å²) in [6.45, 7) is 0.642. The first-order valence-corrected chi connectivity index (χ1v) is 8.20. The van der Waals surface area contributed by atoms with Crippen LogP contribution in [0, 0.1) is 11.6 Å². The molecule has 0 saturated carbocycles. The van der Waals surface area contributed by atoms with E-state index in [1.807, 2.05) is 24.3 Å². The standard InChI is InChI=1S/C15H13ClF2N2S2/c16-10-1-4-12(5-2-10)22-8-7-19-15(21)20-11-3-6-13(17)14(18)9-11/h1-6,9H,7-8H2,(H2,19,20,21). The molecule has 0 atom stereocenters. The molecule has 22 heavy (non-hydrogen) atoms. The molecule has 2 aromatic rings. The highest BCUT2D eigenvalue weighted by Gasteiger charge is 2.03. The maximum Gasteiger partial charge on any atom is 0.170 e. The Morgan fingerprint density at radius 1 is 1.09 bits per heavy atom. The lowest BCUT2D eigenvalue weighted by molar-refractivity contribution is 0.509. The first kappa shape index (κ1) is 17.0. The number of anilines is 1. The minimum atomic E-state index is -0.911. The van der Waals surface area contributed by atoms with E-state index in [-0.39, 0.29) is 0 Å². The zero-order valence-electron chi connectivity index (χ0n) is 11.4. The molecule has 0 aromatic heterocycles. The minimum Gasteiger partial charge on any atom is -0.362 e. The van der Waals surface area contributed by atoms with Crippen LogP contribution >= 0.6 is 35.6 Å². The predicted molar refractivity (Wildman–Crippen MR) is 92.8 cm³/mol. The number of halogens is 3. The molecule has 0 aliphatic heterocycles. The van der Waals surface area contributed by atoms with Crippen LogP contribution in [0.3, 0.4) is 0 Å². The van der Waals surface area contributed by atoms with Gasteiger partial charge in [-0.2, -0.15) is 0 Å². The average molecular weight is 359 g/mol. The van der Waals surface area contributed by atoms with Gasteiger partial charge in [-0.3, -0.25) is 0 Å². The topological polar surface area (TPSA) is 24.1 Å². The summed E-state index contributed by atoms with van der Waals surface area (Å²) in [6, 6.07) is 11.1. The van der Waals surface area contributed by atoms with Gasteiger partial charge in [-0.1, -0.05) is 11.6 Å². The minimum absolute atomic E-state index is 0.364. The second kappa shape index (κ2) is 8.31. The Kier molecular flexibility index (Phi) is 6.42. The van der Waals surface area contributed by atoms with Crippen LogP contribution in [0.5, 0.6) is 0 Å². The fraction of sp³-hybridized carbons (Fsp3) is 0.133. The number of thiocarbonyl (C=S) groups is 1. The Morgan fingerprint density at radius 2 is 1.82 bits per heavy atom. The third-order valence-electron chi connectivity index (χ3n) is 2.65. The van der Waals surface area contributed by atoms with E-state index in [0.29, 0.717) is 22.4 Å². The predicted octanol–water partition coefficient (Wildman–Crippen LogP) is 4.70. The van der Waals surface area contributed by atoms with E-state index < -0.39 is 11.6 Å². The third-order valence-corrected chi connectivity index (χ3v) is 4.16. The summed E-state index contributed by atoms with van der Waals surface area (Å²) in [4.78, 5) is 1.12. The van der Waals surface area contributed by atoms with Crippen molar-refractivity contribution in [1.82, 2.24) is 5.32 Å². The Balaban J connectivity index is 1.71. The molecule has 0 radical (unpaired) electrons. The van der Waals surface area contributed by atoms with Crippen molar-refractivity contribution in [2.24, 2.45) is 0 Å². The summed E-state index contributed by atoms with van der Waals surface area (Å²) in [6.07, 6.45) is 0. The van der Waals surface area contributed by atoms with Crippen molar-refractivity contribution in [2.45, 2.75) is 4.90 Å². The lowest BCUT2D eigenvalue weighted by atomic mass is 10.3. The third kappa shape index (κ3) is 5.44. The fourth-order valence-electron chi connectivity index (χ4n) is 1.61. The molecule has 7 heteroatoms. The van der Waals surface area contributed by atoms with Crippen molar-refractivity contribution in [3.63, 3.8) is 0 Å². The molecular weight excluding hydrogens is 346 g/mol. The lowest BCUT2D eigenvalue weighted by Crippen LogP contribution is -2.30. The van der Waals surface area contributed by atoms with Crippen LogP contribution in [0.25, 0.3) is 0 Å². The normalized spacial score (nSPS) is 10.3. The smallest absolute Gasteiger partial charge is 0.170 e. The molecule has 2 aromatic carbocycles. The van der Waals surface area contributed by atoms with Gasteiger partial charge < -0.3 is 10.6 Å². The molecule has 0 fully saturated rings. The summed E-state index contributed by atoms with van der Waals surface area (Å²) in [7, 11) is 0. The van der Waals surface area contributed by atoms with Gasteiger partial charge in [0.15, 0.2) is 16.7 Å². The van der Waals surface area contributed by atoms with Gasteiger partial charge in [-0.05, 0) is 48.6 Å². The van der Waals surface area contributed by atoms with Gasteiger partial charge >= 0.3 is 0 Å². The molecule has 0 heterocycles. The van der Waals surface area contributed by atoms with Crippen LogP contribution in [0.1, 0.15) is 0 Å². The van der Waals surface area contributed by atoms with Crippen LogP contribution in [-0.4, -0.2) is 17.4 Å². The second-order valence-electron chi connectivity index (χ2n) is 4.31. The molecule has 2 nitrogen and oxygen atoms in total. The van der Waals surface area contributed by atoms with E-state index in [0.717, 1.165) is 22.8 Å². The number of hydrogen-bond donors (Lipinski definition) is 2. The van der Waals surface area contributed by atoms with Crippen LogP contribution in [-0.2, 0) is 0 Å². The second-order valence-corrected chi connectivity index (χ2v) is 6.33. The first-order valence-electron chi connectivity index (χ1n) is 6.43. The van der Waals surface area contributed by atoms with Crippen molar-refractivity contribution in [1.29, 1.82) is 0 Å². The van der Waals surface area contributed by atoms with Gasteiger partial charge in [0.05, 0.1) is 0 Å². The van der Waals surface area contributed by atoms with Gasteiger partial charge in [-0.25, -0.2) is 8.78 Å². The Bertz CT molecular complexity index is 650. The molecular formula is C15H13ClF2N2S2. The largest absolute Gasteiger partial charge is 0.362 e. The van der Waals surface area contributed by atoms with Gasteiger partial charge in [-0.15, -0.1) is 11.8 Å². The summed E-state index contributed by atoms with van der Waals surface area (Å²) in [5.41, 5.74) is 0.404. The van der Waals surface area contributed by atoms with Gasteiger partial charge in [0.25, 0.3) is 0 Å². The van der Waals surface area contributed by atoms with E-state index in [9.17, 15) is 8.78 Å². The number of thioether (sulfide) groups is 1. The molecule has 2 N–H and O–H groups in total. The van der Waals surface area contributed by atoms with E-state index in [1.54, 1.807) is 11.8 Å². The monoisotopic (exact) mass is 358 g/mol. The summed E-state index contributed by atoms with van der Waals surface area (Å²) in [5, 5.41) is 6.88. The highest BCUT2D eigenvalue weighted by molar-refractivity contribution is 7.99. The average Bonchev–Trinajstić information content (AvgIpc) is 2.49. The van der Waals surface area contributed by atoms with Crippen molar-refractivity contribution < 1.29 is 8.78 Å². The summed E-state index contributed by atoms with van der Waals surface area (Å²) < 4.78 is 25.9. The lowest BCUT2D eigenvalue weighted by Gasteiger charge is -2.10. The Hall–Kier alpha value is -1.37. The Morgan fingerprint density at radius 3 is 2.50 bits per heavy atom. The van der Waals surface area contributed by atoms with E-state index in [2.05, 4.69) is 10.6 Å². The molecule has 116 valence electrons. The van der Waals surface area contributed by atoms with Gasteiger partial charge in [0, 0.05) is 34.0 Å². The van der Waals surface area contributed by atoms with Crippen LogP contribution in [0.4, 0.5) is 14.5 Å². The van der Waals surface area contributed by atoms with Crippen molar-refractivity contribution in [2.75, 3.05) is 17.6 Å². The van der Waals surface area contributed by atoms with Crippen molar-refractivity contribution >= 4 is 46.4 Å². The van der Waals surface area contributed by atoms with Crippen LogP contribution in [0.2, 0.25) is 5.02 Å². The molecule has 0 spiro atoms. The highest BCUT2D eigenvalue weighted by atomic mass is 35.5. The summed E-state index contributed by atoms with van der Waals surface area (Å²) >= 11 is 12.6. The summed E-state index contributed by atoms with van der Waals surface area (Å²) in [5.74, 6) is -0.990. The maximum atomic E-state index is 13.1. The molecule has 0 saturated heterocycles. The molecule has 2 rings (SSSR count). The number of nitrogens with one attached hydrogen (secondary N) is 2. The van der Waals surface area contributed by atoms with E-state index in [1.165, 1.54) is 6.07 Å². The number of hydrogen-bond acceptors (Lipinski definition) is 2. The quantitative estimate of drug-likeness (QED) is 0.459. The van der Waals surface area contributed by atoms with Crippen LogP contribution in [0.15, 0.2) is 47.4 Å². The maximum absolute atomic E-state index is 13.1. The SMILES string of the molecule is Fc1ccc(NC(=S)NCCSc2ccc(Cl)cc2)cc1F. The number of rotatable bonds is 5. The molecule has 0 amide bonds. The van der Waals surface area contributed by atoms with Gasteiger partial charge in [0.2, 0.25) is 0 Å². The van der Waals surface area contributed by atoms with Gasteiger partial charge in [0.1, 0.15) is 0 Å². The van der Waals surface area contributed by atoms with E-state index in [4.69, 9.17) is 23.8 Å².